The first kappa shape index (κ1) is 16.1. The molecule has 0 saturated heterocycles. The number of amides is 1. The van der Waals surface area contributed by atoms with Crippen molar-refractivity contribution in [3.63, 3.8) is 0 Å². The summed E-state index contributed by atoms with van der Waals surface area (Å²) in [6.45, 7) is 0. The Morgan fingerprint density at radius 3 is 2.14 bits per heavy atom. The molecule has 0 bridgehead atoms. The van der Waals surface area contributed by atoms with E-state index in [1.54, 1.807) is 24.3 Å². The van der Waals surface area contributed by atoms with E-state index in [9.17, 15) is 18.0 Å². The summed E-state index contributed by atoms with van der Waals surface area (Å²) in [7, 11) is 0. The van der Waals surface area contributed by atoms with Gasteiger partial charge in [0.05, 0.1) is 5.69 Å². The van der Waals surface area contributed by atoms with E-state index in [4.69, 9.17) is 0 Å². The number of benzene rings is 2. The molecule has 0 radical (unpaired) electrons. The highest BCUT2D eigenvalue weighted by molar-refractivity contribution is 9.10. The van der Waals surface area contributed by atoms with Crippen molar-refractivity contribution < 1.29 is 18.0 Å². The number of hydrogen-bond acceptors (Lipinski definition) is 1. The molecular formula is C16H9BrF3NO. The molecule has 0 unspecified atom stereocenters. The number of carbonyl (C=O) groups excluding carboxylic acids is 1. The van der Waals surface area contributed by atoms with Crippen LogP contribution in [0.2, 0.25) is 0 Å². The second-order valence-electron chi connectivity index (χ2n) is 4.23. The topological polar surface area (TPSA) is 29.1 Å². The van der Waals surface area contributed by atoms with Gasteiger partial charge in [-0.25, -0.2) is 0 Å². The fraction of sp³-hybridized carbons (Fsp3) is 0.0625. The maximum atomic E-state index is 12.3. The molecule has 0 fully saturated rings. The number of anilines is 1. The number of para-hydroxylation sites is 1. The van der Waals surface area contributed by atoms with Crippen molar-refractivity contribution in [3.05, 3.63) is 64.1 Å². The fourth-order valence-corrected chi connectivity index (χ4v) is 1.98. The number of hydrogen-bond donors (Lipinski definition) is 1. The Balaban J connectivity index is 2.31. The van der Waals surface area contributed by atoms with Crippen LogP contribution in [0.1, 0.15) is 11.1 Å². The number of alkyl halides is 3. The van der Waals surface area contributed by atoms with Gasteiger partial charge in [0.2, 0.25) is 0 Å². The van der Waals surface area contributed by atoms with Crippen molar-refractivity contribution in [2.24, 2.45) is 0 Å². The fourth-order valence-electron chi connectivity index (χ4n) is 1.59. The second-order valence-corrected chi connectivity index (χ2v) is 5.08. The van der Waals surface area contributed by atoms with Crippen molar-refractivity contribution >= 4 is 27.5 Å². The van der Waals surface area contributed by atoms with Crippen molar-refractivity contribution in [2.75, 3.05) is 5.32 Å². The van der Waals surface area contributed by atoms with Gasteiger partial charge in [0.1, 0.15) is 0 Å². The molecule has 0 atom stereocenters. The zero-order valence-corrected chi connectivity index (χ0v) is 12.6. The van der Waals surface area contributed by atoms with E-state index in [0.29, 0.717) is 11.1 Å². The van der Waals surface area contributed by atoms with Gasteiger partial charge in [-0.3, -0.25) is 4.79 Å². The van der Waals surface area contributed by atoms with Crippen LogP contribution < -0.4 is 5.32 Å². The molecule has 0 aliphatic carbocycles. The molecule has 0 saturated carbocycles. The van der Waals surface area contributed by atoms with E-state index >= 15 is 0 Å². The first-order valence-electron chi connectivity index (χ1n) is 6.11. The lowest BCUT2D eigenvalue weighted by Crippen LogP contribution is -2.30. The molecule has 0 aliphatic heterocycles. The lowest BCUT2D eigenvalue weighted by Gasteiger charge is -2.09. The molecule has 0 aliphatic rings. The normalized spacial score (nSPS) is 10.5. The minimum atomic E-state index is -4.94. The minimum absolute atomic E-state index is 0.0179. The molecule has 0 aromatic heterocycles. The highest BCUT2D eigenvalue weighted by atomic mass is 79.9. The Morgan fingerprint density at radius 1 is 0.955 bits per heavy atom. The molecule has 22 heavy (non-hydrogen) atoms. The Labute approximate surface area is 133 Å². The second kappa shape index (κ2) is 6.67. The van der Waals surface area contributed by atoms with Gasteiger partial charge in [0.25, 0.3) is 0 Å². The lowest BCUT2D eigenvalue weighted by atomic mass is 10.1. The Bertz CT molecular complexity index is 760. The van der Waals surface area contributed by atoms with Crippen LogP contribution in [0.5, 0.6) is 0 Å². The highest BCUT2D eigenvalue weighted by Gasteiger charge is 2.38. The lowest BCUT2D eigenvalue weighted by molar-refractivity contribution is -0.167. The first-order valence-corrected chi connectivity index (χ1v) is 6.91. The van der Waals surface area contributed by atoms with Gasteiger partial charge < -0.3 is 5.32 Å². The standard InChI is InChI=1S/C16H9BrF3NO/c17-13-7-3-1-5-11(13)9-10-12-6-2-4-8-14(12)21-15(22)16(18,19)20/h1-8H,(H,21,22). The molecule has 2 nitrogen and oxygen atoms in total. The molecule has 0 spiro atoms. The van der Waals surface area contributed by atoms with E-state index in [-0.39, 0.29) is 5.69 Å². The number of nitrogens with one attached hydrogen (secondary N) is 1. The molecule has 2 rings (SSSR count). The van der Waals surface area contributed by atoms with Gasteiger partial charge in [0.15, 0.2) is 0 Å². The number of carbonyl (C=O) groups is 1. The van der Waals surface area contributed by atoms with E-state index in [0.717, 1.165) is 4.47 Å². The quantitative estimate of drug-likeness (QED) is 0.746. The maximum absolute atomic E-state index is 12.3. The van der Waals surface area contributed by atoms with Crippen LogP contribution in [-0.2, 0) is 4.79 Å². The summed E-state index contributed by atoms with van der Waals surface area (Å²) in [4.78, 5) is 11.0. The summed E-state index contributed by atoms with van der Waals surface area (Å²) in [5, 5.41) is 1.82. The van der Waals surface area contributed by atoms with Gasteiger partial charge in [0, 0.05) is 15.6 Å². The monoisotopic (exact) mass is 367 g/mol. The highest BCUT2D eigenvalue weighted by Crippen LogP contribution is 2.21. The molecule has 0 heterocycles. The van der Waals surface area contributed by atoms with E-state index in [2.05, 4.69) is 27.8 Å². The molecule has 2 aromatic carbocycles. The average molecular weight is 368 g/mol. The van der Waals surface area contributed by atoms with Crippen molar-refractivity contribution in [2.45, 2.75) is 6.18 Å². The molecular weight excluding hydrogens is 359 g/mol. The van der Waals surface area contributed by atoms with Crippen LogP contribution in [0.25, 0.3) is 0 Å². The molecule has 1 N–H and O–H groups in total. The van der Waals surface area contributed by atoms with Crippen molar-refractivity contribution in [1.82, 2.24) is 0 Å². The summed E-state index contributed by atoms with van der Waals surface area (Å²) >= 11 is 3.33. The van der Waals surface area contributed by atoms with Crippen LogP contribution in [0.3, 0.4) is 0 Å². The Hall–Kier alpha value is -2.26. The smallest absolute Gasteiger partial charge is 0.317 e. The van der Waals surface area contributed by atoms with Gasteiger partial charge in [-0.15, -0.1) is 0 Å². The summed E-state index contributed by atoms with van der Waals surface area (Å²) in [5.41, 5.74) is 1.01. The molecule has 6 heteroatoms. The summed E-state index contributed by atoms with van der Waals surface area (Å²) in [6.07, 6.45) is -4.94. The van der Waals surface area contributed by atoms with Crippen LogP contribution in [0, 0.1) is 11.8 Å². The van der Waals surface area contributed by atoms with Crippen LogP contribution in [0.15, 0.2) is 53.0 Å². The molecule has 2 aromatic rings. The Kier molecular flexibility index (Phi) is 4.88. The predicted molar refractivity (Wildman–Crippen MR) is 81.2 cm³/mol. The Morgan fingerprint density at radius 2 is 1.50 bits per heavy atom. The average Bonchev–Trinajstić information content (AvgIpc) is 2.47. The van der Waals surface area contributed by atoms with Gasteiger partial charge in [-0.2, -0.15) is 13.2 Å². The van der Waals surface area contributed by atoms with Crippen molar-refractivity contribution in [1.29, 1.82) is 0 Å². The summed E-state index contributed by atoms with van der Waals surface area (Å²) < 4.78 is 37.7. The summed E-state index contributed by atoms with van der Waals surface area (Å²) in [6, 6.07) is 13.3. The largest absolute Gasteiger partial charge is 0.471 e. The predicted octanol–water partition coefficient (Wildman–Crippen LogP) is 4.35. The van der Waals surface area contributed by atoms with E-state index < -0.39 is 12.1 Å². The molecule has 112 valence electrons. The van der Waals surface area contributed by atoms with Crippen molar-refractivity contribution in [3.8, 4) is 11.8 Å². The number of rotatable bonds is 1. The molecule has 1 amide bonds. The number of halogens is 4. The zero-order chi connectivity index (χ0) is 16.2. The van der Waals surface area contributed by atoms with Crippen LogP contribution >= 0.6 is 15.9 Å². The zero-order valence-electron chi connectivity index (χ0n) is 11.0. The van der Waals surface area contributed by atoms with E-state index in [1.807, 2.05) is 11.4 Å². The summed E-state index contributed by atoms with van der Waals surface area (Å²) in [5.74, 6) is 3.59. The maximum Gasteiger partial charge on any atom is 0.471 e. The first-order chi connectivity index (χ1) is 10.4. The van der Waals surface area contributed by atoms with Gasteiger partial charge in [-0.05, 0) is 40.2 Å². The van der Waals surface area contributed by atoms with E-state index in [1.165, 1.54) is 18.2 Å². The van der Waals surface area contributed by atoms with Gasteiger partial charge in [-0.1, -0.05) is 36.1 Å². The third-order valence-corrected chi connectivity index (χ3v) is 3.33. The third-order valence-electron chi connectivity index (χ3n) is 2.64. The van der Waals surface area contributed by atoms with Crippen LogP contribution in [0.4, 0.5) is 18.9 Å². The van der Waals surface area contributed by atoms with Crippen LogP contribution in [-0.4, -0.2) is 12.1 Å². The van der Waals surface area contributed by atoms with Gasteiger partial charge >= 0.3 is 12.1 Å². The third kappa shape index (κ3) is 4.12. The SMILES string of the molecule is O=C(Nc1ccccc1C#Cc1ccccc1Br)C(F)(F)F. The minimum Gasteiger partial charge on any atom is -0.317 e.